The van der Waals surface area contributed by atoms with Gasteiger partial charge >= 0.3 is 0 Å². The number of alkyl halides is 1. The maximum absolute atomic E-state index is 15.2. The first-order valence-electron chi connectivity index (χ1n) is 10.1. The number of phenolic OH excluding ortho intramolecular Hbond substituents is 1. The van der Waals surface area contributed by atoms with E-state index in [0.717, 1.165) is 24.9 Å². The van der Waals surface area contributed by atoms with E-state index in [1.807, 2.05) is 24.9 Å². The number of hydrogen-bond acceptors (Lipinski definition) is 7. The molecule has 2 N–H and O–H groups in total. The SMILES string of the molecule is CN(c1cnc(-c2ccc(-n3cnnc3)cc2O)cn1)[C@H]1CC2CC[C@@](C)(N2)[C@H]1F. The van der Waals surface area contributed by atoms with Crippen molar-refractivity contribution >= 4 is 5.82 Å². The lowest BCUT2D eigenvalue weighted by atomic mass is 9.86. The molecule has 0 amide bonds. The molecule has 5 rings (SSSR count). The van der Waals surface area contributed by atoms with E-state index in [2.05, 4.69) is 25.5 Å². The number of benzene rings is 1. The highest BCUT2D eigenvalue weighted by Gasteiger charge is 2.51. The molecule has 0 spiro atoms. The summed E-state index contributed by atoms with van der Waals surface area (Å²) in [4.78, 5) is 10.9. The Morgan fingerprint density at radius 2 is 2.03 bits per heavy atom. The molecule has 0 saturated carbocycles. The summed E-state index contributed by atoms with van der Waals surface area (Å²) in [5, 5.41) is 21.4. The molecule has 0 aliphatic carbocycles. The average molecular weight is 409 g/mol. The summed E-state index contributed by atoms with van der Waals surface area (Å²) < 4.78 is 16.9. The minimum atomic E-state index is -0.975. The standard InChI is InChI=1S/C21H24FN7O/c1-21-6-5-13(27-21)7-17(20(21)22)28(2)19-10-23-16(9-24-19)15-4-3-14(8-18(15)30)29-11-25-26-12-29/h3-4,8-13,17,20,27,30H,5-7H2,1-2H3/t13?,17-,20-,21+/m0/s1. The molecule has 4 heterocycles. The number of halogens is 1. The van der Waals surface area contributed by atoms with E-state index in [1.165, 1.54) is 0 Å². The molecule has 1 unspecified atom stereocenters. The van der Waals surface area contributed by atoms with E-state index in [1.54, 1.807) is 41.7 Å². The fourth-order valence-electron chi connectivity index (χ4n) is 4.71. The molecule has 2 aliphatic heterocycles. The molecule has 156 valence electrons. The second kappa shape index (κ2) is 7.02. The third-order valence-electron chi connectivity index (χ3n) is 6.49. The largest absolute Gasteiger partial charge is 0.507 e. The normalized spacial score (nSPS) is 27.9. The zero-order chi connectivity index (χ0) is 20.9. The number of phenols is 1. The van der Waals surface area contributed by atoms with Crippen LogP contribution in [-0.4, -0.2) is 60.7 Å². The molecule has 9 heteroatoms. The van der Waals surface area contributed by atoms with Crippen molar-refractivity contribution in [3.8, 4) is 22.7 Å². The zero-order valence-corrected chi connectivity index (χ0v) is 16.9. The van der Waals surface area contributed by atoms with E-state index in [9.17, 15) is 5.11 Å². The van der Waals surface area contributed by atoms with Crippen LogP contribution in [0.4, 0.5) is 10.2 Å². The first-order chi connectivity index (χ1) is 14.4. The van der Waals surface area contributed by atoms with Gasteiger partial charge in [0.15, 0.2) is 0 Å². The lowest BCUT2D eigenvalue weighted by Crippen LogP contribution is -2.62. The summed E-state index contributed by atoms with van der Waals surface area (Å²) in [6.07, 6.45) is 8.02. The smallest absolute Gasteiger partial charge is 0.147 e. The minimum Gasteiger partial charge on any atom is -0.507 e. The Bertz CT molecular complexity index is 1040. The highest BCUT2D eigenvalue weighted by atomic mass is 19.1. The fourth-order valence-corrected chi connectivity index (χ4v) is 4.71. The molecular weight excluding hydrogens is 385 g/mol. The van der Waals surface area contributed by atoms with E-state index in [4.69, 9.17) is 0 Å². The Kier molecular flexibility index (Phi) is 4.43. The Morgan fingerprint density at radius 1 is 1.23 bits per heavy atom. The Hall–Kier alpha value is -3.07. The predicted molar refractivity (Wildman–Crippen MR) is 110 cm³/mol. The average Bonchev–Trinajstić information content (AvgIpc) is 3.40. The molecule has 3 aromatic rings. The van der Waals surface area contributed by atoms with E-state index >= 15 is 4.39 Å². The third kappa shape index (κ3) is 3.09. The molecule has 30 heavy (non-hydrogen) atoms. The Balaban J connectivity index is 1.37. The van der Waals surface area contributed by atoms with Crippen molar-refractivity contribution in [2.75, 3.05) is 11.9 Å². The van der Waals surface area contributed by atoms with Crippen LogP contribution in [0.3, 0.4) is 0 Å². The summed E-state index contributed by atoms with van der Waals surface area (Å²) in [7, 11) is 1.88. The van der Waals surface area contributed by atoms with Gasteiger partial charge < -0.3 is 15.3 Å². The lowest BCUT2D eigenvalue weighted by molar-refractivity contribution is 0.111. The van der Waals surface area contributed by atoms with Gasteiger partial charge in [0.2, 0.25) is 0 Å². The molecule has 2 fully saturated rings. The predicted octanol–water partition coefficient (Wildman–Crippen LogP) is 2.49. The number of nitrogens with one attached hydrogen (secondary N) is 1. The molecule has 4 atom stereocenters. The topological polar surface area (TPSA) is 92.0 Å². The van der Waals surface area contributed by atoms with Crippen molar-refractivity contribution in [3.05, 3.63) is 43.2 Å². The molecule has 8 nitrogen and oxygen atoms in total. The number of rotatable bonds is 4. The van der Waals surface area contributed by atoms with Crippen LogP contribution >= 0.6 is 0 Å². The van der Waals surface area contributed by atoms with Crippen molar-refractivity contribution < 1.29 is 9.50 Å². The van der Waals surface area contributed by atoms with Gasteiger partial charge in [-0.3, -0.25) is 9.55 Å². The second-order valence-corrected chi connectivity index (χ2v) is 8.44. The number of nitrogens with zero attached hydrogens (tertiary/aromatic N) is 6. The number of fused-ring (bicyclic) bond motifs is 2. The van der Waals surface area contributed by atoms with Gasteiger partial charge in [-0.1, -0.05) is 0 Å². The quantitative estimate of drug-likeness (QED) is 0.684. The van der Waals surface area contributed by atoms with Gasteiger partial charge in [0.05, 0.1) is 29.8 Å². The van der Waals surface area contributed by atoms with Crippen LogP contribution in [0.5, 0.6) is 5.75 Å². The number of aromatic hydroxyl groups is 1. The maximum atomic E-state index is 15.2. The van der Waals surface area contributed by atoms with Gasteiger partial charge in [-0.2, -0.15) is 0 Å². The first kappa shape index (κ1) is 18.9. The molecule has 0 radical (unpaired) electrons. The van der Waals surface area contributed by atoms with Crippen LogP contribution in [0.1, 0.15) is 26.2 Å². The summed E-state index contributed by atoms with van der Waals surface area (Å²) in [5.41, 5.74) is 1.40. The summed E-state index contributed by atoms with van der Waals surface area (Å²) in [5.74, 6) is 0.709. The van der Waals surface area contributed by atoms with Gasteiger partial charge in [0.1, 0.15) is 30.4 Å². The van der Waals surface area contributed by atoms with E-state index in [-0.39, 0.29) is 11.8 Å². The van der Waals surface area contributed by atoms with Crippen LogP contribution in [0.15, 0.2) is 43.2 Å². The molecule has 1 aromatic carbocycles. The monoisotopic (exact) mass is 409 g/mol. The van der Waals surface area contributed by atoms with Crippen LogP contribution in [-0.2, 0) is 0 Å². The van der Waals surface area contributed by atoms with Crippen LogP contribution in [0, 0.1) is 0 Å². The van der Waals surface area contributed by atoms with Crippen molar-refractivity contribution in [1.29, 1.82) is 0 Å². The van der Waals surface area contributed by atoms with Crippen LogP contribution < -0.4 is 10.2 Å². The minimum absolute atomic E-state index is 0.0864. The second-order valence-electron chi connectivity index (χ2n) is 8.44. The van der Waals surface area contributed by atoms with Crippen molar-refractivity contribution in [3.63, 3.8) is 0 Å². The van der Waals surface area contributed by atoms with E-state index in [0.29, 0.717) is 23.1 Å². The van der Waals surface area contributed by atoms with Crippen molar-refractivity contribution in [1.82, 2.24) is 30.0 Å². The van der Waals surface area contributed by atoms with Gasteiger partial charge in [-0.25, -0.2) is 9.37 Å². The van der Waals surface area contributed by atoms with Crippen LogP contribution in [0.2, 0.25) is 0 Å². The Labute approximate surface area is 173 Å². The van der Waals surface area contributed by atoms with Crippen LogP contribution in [0.25, 0.3) is 16.9 Å². The Morgan fingerprint density at radius 3 is 2.73 bits per heavy atom. The first-order valence-corrected chi connectivity index (χ1v) is 10.1. The number of hydrogen-bond donors (Lipinski definition) is 2. The number of anilines is 1. The number of piperidine rings is 1. The molecule has 2 bridgehead atoms. The van der Waals surface area contributed by atoms with Gasteiger partial charge in [-0.05, 0) is 38.3 Å². The lowest BCUT2D eigenvalue weighted by Gasteiger charge is -2.44. The van der Waals surface area contributed by atoms with Crippen molar-refractivity contribution in [2.45, 2.75) is 50.0 Å². The van der Waals surface area contributed by atoms with E-state index < -0.39 is 11.7 Å². The summed E-state index contributed by atoms with van der Waals surface area (Å²) in [6.45, 7) is 1.97. The molecule has 2 saturated heterocycles. The summed E-state index contributed by atoms with van der Waals surface area (Å²) >= 11 is 0. The van der Waals surface area contributed by atoms with Gasteiger partial charge in [-0.15, -0.1) is 10.2 Å². The maximum Gasteiger partial charge on any atom is 0.147 e. The highest BCUT2D eigenvalue weighted by molar-refractivity contribution is 5.68. The fraction of sp³-hybridized carbons (Fsp3) is 0.429. The summed E-state index contributed by atoms with van der Waals surface area (Å²) in [6, 6.07) is 5.36. The van der Waals surface area contributed by atoms with Crippen molar-refractivity contribution in [2.24, 2.45) is 0 Å². The van der Waals surface area contributed by atoms with Gasteiger partial charge in [0, 0.05) is 30.3 Å². The molecule has 2 aliphatic rings. The zero-order valence-electron chi connectivity index (χ0n) is 16.9. The molecule has 2 aromatic heterocycles. The third-order valence-corrected chi connectivity index (χ3v) is 6.49. The molecular formula is C21H24FN7O. The number of aromatic nitrogens is 5. The van der Waals surface area contributed by atoms with Gasteiger partial charge in [0.25, 0.3) is 0 Å². The highest BCUT2D eigenvalue weighted by Crippen LogP contribution is 2.40.